The van der Waals surface area contributed by atoms with Crippen LogP contribution in [0.5, 0.6) is 5.75 Å². The molecule has 4 aromatic rings. The molecular formula is C30H26ClF2N7O5S. The highest BCUT2D eigenvalue weighted by atomic mass is 35.5. The van der Waals surface area contributed by atoms with Crippen molar-refractivity contribution in [3.63, 3.8) is 0 Å². The van der Waals surface area contributed by atoms with Crippen molar-refractivity contribution in [1.29, 1.82) is 5.26 Å². The Morgan fingerprint density at radius 2 is 1.93 bits per heavy atom. The second-order valence-corrected chi connectivity index (χ2v) is 13.2. The summed E-state index contributed by atoms with van der Waals surface area (Å²) in [5.41, 5.74) is 5.95. The fraction of sp³-hybridized carbons (Fsp3) is 0.233. The van der Waals surface area contributed by atoms with Crippen molar-refractivity contribution < 1.29 is 32.1 Å². The molecule has 0 aliphatic carbocycles. The molecule has 3 N–H and O–H groups in total. The van der Waals surface area contributed by atoms with Gasteiger partial charge in [-0.05, 0) is 24.3 Å². The highest BCUT2D eigenvalue weighted by Crippen LogP contribution is 2.33. The molecule has 3 aromatic carbocycles. The number of alkyl halides is 1. The van der Waals surface area contributed by atoms with E-state index in [0.717, 1.165) is 9.58 Å². The molecule has 0 spiro atoms. The summed E-state index contributed by atoms with van der Waals surface area (Å²) in [7, 11) is -2.96. The van der Waals surface area contributed by atoms with E-state index in [-0.39, 0.29) is 40.0 Å². The van der Waals surface area contributed by atoms with Gasteiger partial charge >= 0.3 is 0 Å². The lowest BCUT2D eigenvalue weighted by Crippen LogP contribution is -2.44. The van der Waals surface area contributed by atoms with Gasteiger partial charge in [0.1, 0.15) is 24.5 Å². The molecule has 3 amide bonds. The fourth-order valence-corrected chi connectivity index (χ4v) is 5.91. The number of hydrogen-bond acceptors (Lipinski definition) is 8. The van der Waals surface area contributed by atoms with Crippen molar-refractivity contribution in [3.05, 3.63) is 77.2 Å². The van der Waals surface area contributed by atoms with Crippen LogP contribution in [0.1, 0.15) is 16.9 Å². The van der Waals surface area contributed by atoms with Crippen LogP contribution in [0.4, 0.5) is 14.5 Å². The predicted octanol–water partition coefficient (Wildman–Crippen LogP) is 4.09. The summed E-state index contributed by atoms with van der Waals surface area (Å²) in [4.78, 5) is 40.0. The third-order valence-corrected chi connectivity index (χ3v) is 8.57. The van der Waals surface area contributed by atoms with Gasteiger partial charge in [-0.25, -0.2) is 13.0 Å². The average molecular weight is 670 g/mol. The van der Waals surface area contributed by atoms with E-state index in [0.29, 0.717) is 10.6 Å². The molecule has 5 rings (SSSR count). The van der Waals surface area contributed by atoms with E-state index in [4.69, 9.17) is 27.3 Å². The number of amides is 3. The number of halogens is 3. The maximum Gasteiger partial charge on any atom is 0.269 e. The number of ether oxygens (including phenoxy) is 1. The Morgan fingerprint density at radius 1 is 1.20 bits per heavy atom. The molecule has 238 valence electrons. The van der Waals surface area contributed by atoms with E-state index in [1.165, 1.54) is 48.8 Å². The van der Waals surface area contributed by atoms with Crippen LogP contribution in [0.15, 0.2) is 65.0 Å². The number of aromatic nitrogens is 2. The summed E-state index contributed by atoms with van der Waals surface area (Å²) in [6.07, 6.45) is 0.864. The second-order valence-electron chi connectivity index (χ2n) is 10.5. The third-order valence-electron chi connectivity index (χ3n) is 7.21. The SMILES string of the molecule is CS(=O)(COc1ccc2c(C(N)=O)nn(CC(=O)N3C[C@H](F)C[C@H]3C(=O)Nc3cccc(-c4ccccc4Cl)c3F)c2c1)=NC#N. The van der Waals surface area contributed by atoms with Gasteiger partial charge in [-0.3, -0.25) is 19.1 Å². The molecule has 1 aromatic heterocycles. The Bertz CT molecular complexity index is 2040. The van der Waals surface area contributed by atoms with E-state index < -0.39 is 64.5 Å². The van der Waals surface area contributed by atoms with Gasteiger partial charge in [0, 0.05) is 40.3 Å². The molecule has 12 nitrogen and oxygen atoms in total. The molecule has 2 heterocycles. The largest absolute Gasteiger partial charge is 0.479 e. The first-order valence-corrected chi connectivity index (χ1v) is 16.1. The number of carbonyl (C=O) groups is 3. The Morgan fingerprint density at radius 3 is 2.65 bits per heavy atom. The third kappa shape index (κ3) is 6.77. The average Bonchev–Trinajstić information content (AvgIpc) is 3.58. The lowest BCUT2D eigenvalue weighted by molar-refractivity contribution is -0.137. The molecular weight excluding hydrogens is 644 g/mol. The van der Waals surface area contributed by atoms with Gasteiger partial charge in [-0.1, -0.05) is 41.9 Å². The summed E-state index contributed by atoms with van der Waals surface area (Å²) in [6.45, 7) is -0.920. The number of benzene rings is 3. The summed E-state index contributed by atoms with van der Waals surface area (Å²) in [6, 6.07) is 14.1. The number of anilines is 1. The van der Waals surface area contributed by atoms with Gasteiger partial charge in [0.15, 0.2) is 17.5 Å². The molecule has 1 aliphatic heterocycles. The van der Waals surface area contributed by atoms with Crippen molar-refractivity contribution in [2.75, 3.05) is 24.1 Å². The van der Waals surface area contributed by atoms with Gasteiger partial charge in [0.2, 0.25) is 18.0 Å². The van der Waals surface area contributed by atoms with Gasteiger partial charge < -0.3 is 20.7 Å². The standard InChI is InChI=1S/C30H26ClF2N7O5S/c1-46(44,36-15-34)16-45-18-9-10-21-24(12-18)40(38-28(21)29(35)42)14-26(41)39-13-17(32)11-25(39)30(43)37-23-8-4-6-20(27(23)33)19-5-2-3-7-22(19)31/h2-10,12,17,25H,11,13-14,16H2,1H3,(H2,35,42)(H,37,43)/t17-,25+,46?/m1/s1. The van der Waals surface area contributed by atoms with Gasteiger partial charge in [0.25, 0.3) is 5.91 Å². The monoisotopic (exact) mass is 669 g/mol. The molecule has 16 heteroatoms. The van der Waals surface area contributed by atoms with E-state index in [1.807, 2.05) is 0 Å². The molecule has 0 saturated carbocycles. The van der Waals surface area contributed by atoms with E-state index in [9.17, 15) is 23.0 Å². The van der Waals surface area contributed by atoms with Gasteiger partial charge in [-0.2, -0.15) is 10.4 Å². The lowest BCUT2D eigenvalue weighted by atomic mass is 10.0. The highest BCUT2D eigenvalue weighted by molar-refractivity contribution is 7.92. The number of nitriles is 1. The lowest BCUT2D eigenvalue weighted by Gasteiger charge is -2.24. The van der Waals surface area contributed by atoms with Gasteiger partial charge in [-0.15, -0.1) is 4.36 Å². The number of primary amides is 1. The number of hydrogen-bond donors (Lipinski definition) is 2. The number of nitrogens with zero attached hydrogens (tertiary/aromatic N) is 5. The number of nitrogens with two attached hydrogens (primary N) is 1. The van der Waals surface area contributed by atoms with Crippen molar-refractivity contribution in [1.82, 2.24) is 14.7 Å². The maximum atomic E-state index is 15.5. The minimum Gasteiger partial charge on any atom is -0.479 e. The summed E-state index contributed by atoms with van der Waals surface area (Å²) in [5.74, 6) is -3.38. The molecule has 0 bridgehead atoms. The van der Waals surface area contributed by atoms with Crippen LogP contribution in [-0.4, -0.2) is 67.6 Å². The summed E-state index contributed by atoms with van der Waals surface area (Å²) >= 11 is 6.23. The Hall–Kier alpha value is -5.07. The number of fused-ring (bicyclic) bond motifs is 1. The van der Waals surface area contributed by atoms with Crippen LogP contribution < -0.4 is 15.8 Å². The topological polar surface area (TPSA) is 173 Å². The number of rotatable bonds is 9. The minimum absolute atomic E-state index is 0.144. The van der Waals surface area contributed by atoms with E-state index in [2.05, 4.69) is 14.8 Å². The summed E-state index contributed by atoms with van der Waals surface area (Å²) < 4.78 is 52.4. The summed E-state index contributed by atoms with van der Waals surface area (Å²) in [5, 5.41) is 15.9. The van der Waals surface area contributed by atoms with Crippen LogP contribution in [0.3, 0.4) is 0 Å². The molecule has 1 fully saturated rings. The molecule has 1 unspecified atom stereocenters. The van der Waals surface area contributed by atoms with Crippen LogP contribution in [0.2, 0.25) is 5.02 Å². The smallest absolute Gasteiger partial charge is 0.269 e. The van der Waals surface area contributed by atoms with Crippen molar-refractivity contribution >= 4 is 55.6 Å². The number of nitrogens with one attached hydrogen (secondary N) is 1. The normalized spacial score (nSPS) is 17.2. The zero-order chi connectivity index (χ0) is 33.2. The fourth-order valence-electron chi connectivity index (χ4n) is 5.10. The number of likely N-dealkylation sites (tertiary alicyclic amines) is 1. The zero-order valence-corrected chi connectivity index (χ0v) is 25.7. The van der Waals surface area contributed by atoms with E-state index in [1.54, 1.807) is 24.3 Å². The predicted molar refractivity (Wildman–Crippen MR) is 166 cm³/mol. The molecule has 0 radical (unpaired) electrons. The molecule has 1 saturated heterocycles. The van der Waals surface area contributed by atoms with Crippen LogP contribution in [-0.2, 0) is 25.9 Å². The van der Waals surface area contributed by atoms with Gasteiger partial charge in [0.05, 0.1) is 27.5 Å². The molecule has 1 aliphatic rings. The first-order valence-electron chi connectivity index (χ1n) is 13.7. The quantitative estimate of drug-likeness (QED) is 0.253. The second kappa shape index (κ2) is 13.1. The Labute approximate surface area is 266 Å². The van der Waals surface area contributed by atoms with Crippen LogP contribution >= 0.6 is 11.6 Å². The maximum absolute atomic E-state index is 15.5. The van der Waals surface area contributed by atoms with E-state index >= 15 is 4.39 Å². The van der Waals surface area contributed by atoms with Crippen LogP contribution in [0.25, 0.3) is 22.0 Å². The Kier molecular flexibility index (Phi) is 9.22. The molecule has 3 atom stereocenters. The number of carbonyl (C=O) groups excluding carboxylic acids is 3. The Balaban J connectivity index is 1.38. The first kappa shape index (κ1) is 32.3. The van der Waals surface area contributed by atoms with Crippen LogP contribution in [0, 0.1) is 17.3 Å². The molecule has 46 heavy (non-hydrogen) atoms. The van der Waals surface area contributed by atoms with Crippen molar-refractivity contribution in [2.24, 2.45) is 10.1 Å². The first-order chi connectivity index (χ1) is 21.9. The van der Waals surface area contributed by atoms with Crippen molar-refractivity contribution in [3.8, 4) is 23.1 Å². The highest BCUT2D eigenvalue weighted by Gasteiger charge is 2.40. The zero-order valence-electron chi connectivity index (χ0n) is 24.2. The van der Waals surface area contributed by atoms with Crippen molar-refractivity contribution in [2.45, 2.75) is 25.2 Å². The minimum atomic E-state index is -2.96.